The third-order valence-corrected chi connectivity index (χ3v) is 5.60. The van der Waals surface area contributed by atoms with Crippen LogP contribution in [0.4, 0.5) is 5.69 Å². The molecule has 0 aromatic heterocycles. The third kappa shape index (κ3) is 5.79. The number of amides is 1. The van der Waals surface area contributed by atoms with E-state index in [1.54, 1.807) is 29.2 Å². The van der Waals surface area contributed by atoms with Gasteiger partial charge in [-0.05, 0) is 36.5 Å². The molecule has 0 radical (unpaired) electrons. The summed E-state index contributed by atoms with van der Waals surface area (Å²) in [5, 5.41) is 9.48. The van der Waals surface area contributed by atoms with E-state index in [-0.39, 0.29) is 30.1 Å². The zero-order chi connectivity index (χ0) is 17.7. The Labute approximate surface area is 143 Å². The van der Waals surface area contributed by atoms with Gasteiger partial charge in [0.05, 0.1) is 18.3 Å². The van der Waals surface area contributed by atoms with Gasteiger partial charge in [0.1, 0.15) is 0 Å². The first-order valence-electron chi connectivity index (χ1n) is 8.30. The van der Waals surface area contributed by atoms with Crippen LogP contribution in [0, 0.1) is 5.92 Å². The highest BCUT2D eigenvalue weighted by Gasteiger charge is 2.21. The molecule has 7 heteroatoms. The lowest BCUT2D eigenvalue weighted by atomic mass is 10.1. The quantitative estimate of drug-likeness (QED) is 0.812. The van der Waals surface area contributed by atoms with Gasteiger partial charge in [0.15, 0.2) is 0 Å². The number of carbonyl (C=O) groups excluding carboxylic acids is 1. The van der Waals surface area contributed by atoms with E-state index in [4.69, 9.17) is 0 Å². The minimum atomic E-state index is -3.34. The van der Waals surface area contributed by atoms with Crippen molar-refractivity contribution in [2.75, 3.05) is 23.6 Å². The number of piperidine rings is 1. The number of aliphatic hydroxyl groups is 1. The van der Waals surface area contributed by atoms with Crippen molar-refractivity contribution in [1.82, 2.24) is 4.90 Å². The van der Waals surface area contributed by atoms with Crippen LogP contribution >= 0.6 is 0 Å². The van der Waals surface area contributed by atoms with Crippen LogP contribution in [0.25, 0.3) is 0 Å². The lowest BCUT2D eigenvalue weighted by molar-refractivity contribution is -0.132. The first-order valence-corrected chi connectivity index (χ1v) is 9.95. The smallest absolute Gasteiger partial charge is 0.232 e. The molecule has 1 heterocycles. The van der Waals surface area contributed by atoms with Crippen LogP contribution in [-0.2, 0) is 21.2 Å². The van der Waals surface area contributed by atoms with E-state index in [2.05, 4.69) is 4.72 Å². The Morgan fingerprint density at radius 1 is 1.25 bits per heavy atom. The van der Waals surface area contributed by atoms with Crippen molar-refractivity contribution in [2.24, 2.45) is 5.92 Å². The summed E-state index contributed by atoms with van der Waals surface area (Å²) in [6.07, 6.45) is 1.24. The van der Waals surface area contributed by atoms with Gasteiger partial charge in [0.2, 0.25) is 15.9 Å². The number of hydrogen-bond donors (Lipinski definition) is 2. The molecular weight excluding hydrogens is 328 g/mol. The SMILES string of the molecule is CC(C)CS(=O)(=O)Nc1ccc(CC(=O)N2CCC(O)CC2)cc1. The Morgan fingerprint density at radius 3 is 2.38 bits per heavy atom. The fourth-order valence-electron chi connectivity index (χ4n) is 2.75. The number of anilines is 1. The van der Waals surface area contributed by atoms with Crippen molar-refractivity contribution in [2.45, 2.75) is 39.2 Å². The lowest BCUT2D eigenvalue weighted by Crippen LogP contribution is -2.40. The van der Waals surface area contributed by atoms with Gasteiger partial charge in [0.25, 0.3) is 0 Å². The summed E-state index contributed by atoms with van der Waals surface area (Å²) >= 11 is 0. The number of rotatable bonds is 6. The number of hydrogen-bond acceptors (Lipinski definition) is 4. The molecule has 2 N–H and O–H groups in total. The number of carbonyl (C=O) groups is 1. The molecule has 1 aromatic carbocycles. The Hall–Kier alpha value is -1.60. The second-order valence-electron chi connectivity index (χ2n) is 6.76. The second kappa shape index (κ2) is 7.98. The van der Waals surface area contributed by atoms with Crippen molar-refractivity contribution in [3.63, 3.8) is 0 Å². The van der Waals surface area contributed by atoms with Crippen molar-refractivity contribution < 1.29 is 18.3 Å². The van der Waals surface area contributed by atoms with Crippen LogP contribution in [-0.4, -0.2) is 49.3 Å². The largest absolute Gasteiger partial charge is 0.393 e. The molecular formula is C17H26N2O4S. The molecule has 0 saturated carbocycles. The van der Waals surface area contributed by atoms with Crippen molar-refractivity contribution in [3.8, 4) is 0 Å². The number of likely N-dealkylation sites (tertiary alicyclic amines) is 1. The van der Waals surface area contributed by atoms with Gasteiger partial charge in [-0.15, -0.1) is 0 Å². The first kappa shape index (κ1) is 18.7. The summed E-state index contributed by atoms with van der Waals surface area (Å²) in [4.78, 5) is 14.0. The lowest BCUT2D eigenvalue weighted by Gasteiger charge is -2.29. The topological polar surface area (TPSA) is 86.7 Å². The molecule has 1 saturated heterocycles. The van der Waals surface area contributed by atoms with Gasteiger partial charge in [-0.3, -0.25) is 9.52 Å². The Balaban J connectivity index is 1.91. The Kier molecular flexibility index (Phi) is 6.23. The number of benzene rings is 1. The maximum absolute atomic E-state index is 12.2. The molecule has 0 spiro atoms. The summed E-state index contributed by atoms with van der Waals surface area (Å²) in [6, 6.07) is 6.90. The summed E-state index contributed by atoms with van der Waals surface area (Å²) in [5.74, 6) is 0.172. The molecule has 1 aliphatic rings. The minimum absolute atomic E-state index is 0.0371. The number of aliphatic hydroxyl groups excluding tert-OH is 1. The van der Waals surface area contributed by atoms with Gasteiger partial charge >= 0.3 is 0 Å². The number of nitrogens with one attached hydrogen (secondary N) is 1. The molecule has 6 nitrogen and oxygen atoms in total. The normalized spacial score (nSPS) is 16.4. The van der Waals surface area contributed by atoms with Crippen molar-refractivity contribution >= 4 is 21.6 Å². The standard InChI is InChI=1S/C17H26N2O4S/c1-13(2)12-24(22,23)18-15-5-3-14(4-6-15)11-17(21)19-9-7-16(20)8-10-19/h3-6,13,16,18,20H,7-12H2,1-2H3. The maximum Gasteiger partial charge on any atom is 0.232 e. The molecule has 2 rings (SSSR count). The molecule has 0 bridgehead atoms. The molecule has 24 heavy (non-hydrogen) atoms. The van der Waals surface area contributed by atoms with Gasteiger partial charge < -0.3 is 10.0 Å². The summed E-state index contributed by atoms with van der Waals surface area (Å²) < 4.78 is 26.4. The highest BCUT2D eigenvalue weighted by molar-refractivity contribution is 7.92. The van der Waals surface area contributed by atoms with Gasteiger partial charge in [-0.25, -0.2) is 8.42 Å². The number of sulfonamides is 1. The first-order chi connectivity index (χ1) is 11.2. The van der Waals surface area contributed by atoms with Crippen LogP contribution in [0.2, 0.25) is 0 Å². The molecule has 0 aliphatic carbocycles. The average molecular weight is 354 g/mol. The molecule has 1 aromatic rings. The van der Waals surface area contributed by atoms with E-state index < -0.39 is 10.0 Å². The average Bonchev–Trinajstić information content (AvgIpc) is 2.48. The monoisotopic (exact) mass is 354 g/mol. The zero-order valence-electron chi connectivity index (χ0n) is 14.2. The predicted octanol–water partition coefficient (Wildman–Crippen LogP) is 1.61. The minimum Gasteiger partial charge on any atom is -0.393 e. The van der Waals surface area contributed by atoms with E-state index in [0.29, 0.717) is 31.6 Å². The second-order valence-corrected chi connectivity index (χ2v) is 8.53. The third-order valence-electron chi connectivity index (χ3n) is 3.95. The molecule has 0 unspecified atom stereocenters. The van der Waals surface area contributed by atoms with Crippen LogP contribution < -0.4 is 4.72 Å². The highest BCUT2D eigenvalue weighted by Crippen LogP contribution is 2.15. The summed E-state index contributed by atoms with van der Waals surface area (Å²) in [6.45, 7) is 4.89. The van der Waals surface area contributed by atoms with Gasteiger partial charge in [-0.1, -0.05) is 26.0 Å². The Morgan fingerprint density at radius 2 is 1.83 bits per heavy atom. The Bertz CT molecular complexity index is 648. The summed E-state index contributed by atoms with van der Waals surface area (Å²) in [7, 11) is -3.34. The van der Waals surface area contributed by atoms with E-state index in [9.17, 15) is 18.3 Å². The molecule has 1 aliphatic heterocycles. The van der Waals surface area contributed by atoms with Crippen LogP contribution in [0.5, 0.6) is 0 Å². The van der Waals surface area contributed by atoms with Crippen molar-refractivity contribution in [1.29, 1.82) is 0 Å². The fourth-order valence-corrected chi connectivity index (χ4v) is 4.21. The highest BCUT2D eigenvalue weighted by atomic mass is 32.2. The van der Waals surface area contributed by atoms with E-state index in [1.807, 2.05) is 13.8 Å². The van der Waals surface area contributed by atoms with Crippen LogP contribution in [0.1, 0.15) is 32.3 Å². The summed E-state index contributed by atoms with van der Waals surface area (Å²) in [5.41, 5.74) is 1.35. The molecule has 0 atom stereocenters. The number of nitrogens with zero attached hydrogens (tertiary/aromatic N) is 1. The van der Waals surface area contributed by atoms with E-state index in [1.165, 1.54) is 0 Å². The van der Waals surface area contributed by atoms with E-state index >= 15 is 0 Å². The van der Waals surface area contributed by atoms with Gasteiger partial charge in [0, 0.05) is 18.8 Å². The van der Waals surface area contributed by atoms with Crippen LogP contribution in [0.3, 0.4) is 0 Å². The molecule has 134 valence electrons. The van der Waals surface area contributed by atoms with Gasteiger partial charge in [-0.2, -0.15) is 0 Å². The zero-order valence-corrected chi connectivity index (χ0v) is 15.1. The van der Waals surface area contributed by atoms with E-state index in [0.717, 1.165) is 5.56 Å². The van der Waals surface area contributed by atoms with Crippen LogP contribution in [0.15, 0.2) is 24.3 Å². The van der Waals surface area contributed by atoms with Crippen molar-refractivity contribution in [3.05, 3.63) is 29.8 Å². The maximum atomic E-state index is 12.2. The fraction of sp³-hybridized carbons (Fsp3) is 0.588. The molecule has 1 amide bonds. The molecule has 1 fully saturated rings. The predicted molar refractivity (Wildman–Crippen MR) is 94.2 cm³/mol.